The molecule has 2 saturated heterocycles. The first-order valence-electron chi connectivity index (χ1n) is 12.1. The number of hydrogen-bond acceptors (Lipinski definition) is 4. The maximum absolute atomic E-state index is 10.0. The van der Waals surface area contributed by atoms with Gasteiger partial charge in [0.15, 0.2) is 0 Å². The van der Waals surface area contributed by atoms with Crippen LogP contribution in [0.25, 0.3) is 0 Å². The van der Waals surface area contributed by atoms with Crippen LogP contribution in [0.4, 0.5) is 0 Å². The Morgan fingerprint density at radius 3 is 1.74 bits per heavy atom. The summed E-state index contributed by atoms with van der Waals surface area (Å²) in [5.74, 6) is 0.881. The topological polar surface area (TPSA) is 35.9 Å². The molecular weight excluding hydrogens is 526 g/mol. The number of benzene rings is 2. The van der Waals surface area contributed by atoms with Crippen LogP contribution in [0, 0.1) is 11.8 Å². The summed E-state index contributed by atoms with van der Waals surface area (Å²) < 4.78 is 5.60. The van der Waals surface area contributed by atoms with Crippen molar-refractivity contribution < 1.29 is 9.84 Å². The van der Waals surface area contributed by atoms with Crippen LogP contribution in [-0.4, -0.2) is 74.5 Å². The lowest BCUT2D eigenvalue weighted by Crippen LogP contribution is -2.43. The lowest BCUT2D eigenvalue weighted by molar-refractivity contribution is -0.00320. The molecule has 35 heavy (non-hydrogen) atoms. The summed E-state index contributed by atoms with van der Waals surface area (Å²) in [7, 11) is 5.98. The van der Waals surface area contributed by atoms with Gasteiger partial charge in [-0.3, -0.25) is 0 Å². The molecule has 2 aliphatic heterocycles. The largest absolute Gasteiger partial charge is 0.391 e. The maximum atomic E-state index is 10.0. The van der Waals surface area contributed by atoms with Gasteiger partial charge in [-0.05, 0) is 100 Å². The number of halogens is 4. The minimum atomic E-state index is -0.247. The van der Waals surface area contributed by atoms with E-state index < -0.39 is 0 Å². The quantitative estimate of drug-likeness (QED) is 0.461. The van der Waals surface area contributed by atoms with E-state index >= 15 is 0 Å². The van der Waals surface area contributed by atoms with Gasteiger partial charge in [0.2, 0.25) is 0 Å². The van der Waals surface area contributed by atoms with Crippen LogP contribution < -0.4 is 0 Å². The highest BCUT2D eigenvalue weighted by molar-refractivity contribution is 6.42. The van der Waals surface area contributed by atoms with E-state index in [2.05, 4.69) is 22.9 Å². The van der Waals surface area contributed by atoms with Crippen LogP contribution >= 0.6 is 46.4 Å². The van der Waals surface area contributed by atoms with Crippen LogP contribution in [0.15, 0.2) is 36.4 Å². The van der Waals surface area contributed by atoms with Crippen molar-refractivity contribution in [3.63, 3.8) is 0 Å². The van der Waals surface area contributed by atoms with Gasteiger partial charge in [0.05, 0.1) is 32.3 Å². The number of likely N-dealkylation sites (tertiary alicyclic amines) is 2. The molecule has 0 aromatic heterocycles. The first-order chi connectivity index (χ1) is 16.7. The summed E-state index contributed by atoms with van der Waals surface area (Å²) in [6, 6.07) is 11.6. The summed E-state index contributed by atoms with van der Waals surface area (Å²) >= 11 is 23.9. The Morgan fingerprint density at radius 2 is 1.26 bits per heavy atom. The summed E-state index contributed by atoms with van der Waals surface area (Å²) in [5, 5.41) is 12.4. The Hall–Kier alpha value is -0.560. The van der Waals surface area contributed by atoms with Crippen molar-refractivity contribution in [1.82, 2.24) is 9.80 Å². The lowest BCUT2D eigenvalue weighted by Gasteiger charge is -2.36. The number of nitrogens with zero attached hydrogens (tertiary/aromatic N) is 2. The second-order valence-electron chi connectivity index (χ2n) is 9.87. The van der Waals surface area contributed by atoms with E-state index in [-0.39, 0.29) is 6.10 Å². The fourth-order valence-electron chi connectivity index (χ4n) is 4.94. The van der Waals surface area contributed by atoms with Gasteiger partial charge in [0.25, 0.3) is 0 Å². The van der Waals surface area contributed by atoms with Crippen LogP contribution in [-0.2, 0) is 17.6 Å². The number of ether oxygens (including phenoxy) is 1. The fourth-order valence-corrected chi connectivity index (χ4v) is 5.58. The van der Waals surface area contributed by atoms with Gasteiger partial charge >= 0.3 is 0 Å². The molecule has 1 N–H and O–H groups in total. The molecular formula is C27H36Cl4N2O2. The average molecular weight is 562 g/mol. The Balaban J connectivity index is 0.000000196. The third-order valence-electron chi connectivity index (χ3n) is 7.09. The van der Waals surface area contributed by atoms with Crippen LogP contribution in [0.5, 0.6) is 0 Å². The fraction of sp³-hybridized carbons (Fsp3) is 0.556. The van der Waals surface area contributed by atoms with E-state index in [1.807, 2.05) is 37.4 Å². The maximum Gasteiger partial charge on any atom is 0.0729 e. The second kappa shape index (κ2) is 13.8. The Bertz CT molecular complexity index is 961. The van der Waals surface area contributed by atoms with Gasteiger partial charge in [0.1, 0.15) is 0 Å². The first-order valence-corrected chi connectivity index (χ1v) is 13.6. The number of piperidine rings is 2. The molecule has 2 heterocycles. The number of hydrogen-bond donors (Lipinski definition) is 1. The molecule has 4 nitrogen and oxygen atoms in total. The molecule has 0 spiro atoms. The van der Waals surface area contributed by atoms with Crippen molar-refractivity contribution in [3.05, 3.63) is 67.6 Å². The number of rotatable bonds is 5. The Morgan fingerprint density at radius 1 is 0.771 bits per heavy atom. The van der Waals surface area contributed by atoms with E-state index in [4.69, 9.17) is 51.1 Å². The molecule has 2 unspecified atom stereocenters. The van der Waals surface area contributed by atoms with E-state index in [0.717, 1.165) is 57.4 Å². The molecule has 194 valence electrons. The zero-order valence-electron chi connectivity index (χ0n) is 20.7. The highest BCUT2D eigenvalue weighted by Gasteiger charge is 2.28. The predicted molar refractivity (Wildman–Crippen MR) is 148 cm³/mol. The molecule has 0 saturated carbocycles. The van der Waals surface area contributed by atoms with Crippen molar-refractivity contribution in [2.75, 3.05) is 47.4 Å². The number of aliphatic hydroxyl groups excluding tert-OH is 1. The standard InChI is InChI=1S/C14H19Cl2NO.C13H17Cl2NO/c1-17-6-5-11(14(9-17)18-2)7-10-3-4-12(15)13(16)8-10;1-16-5-4-10(13(17)8-16)6-9-2-3-11(14)12(15)7-9/h3-4,8,11,14H,5-7,9H2,1-2H3;2-3,7,10,13,17H,4-6,8H2,1H3/t11?,14-;10?,13-/m11/s1. The SMILES string of the molecule is CN1CCC(Cc2ccc(Cl)c(Cl)c2)[C@H](O)C1.CO[C@@H]1CN(C)CCC1Cc1ccc(Cl)c(Cl)c1. The molecule has 2 aliphatic rings. The number of methoxy groups -OCH3 is 1. The summed E-state index contributed by atoms with van der Waals surface area (Å²) in [4.78, 5) is 4.48. The average Bonchev–Trinajstić information content (AvgIpc) is 2.82. The van der Waals surface area contributed by atoms with Gasteiger partial charge < -0.3 is 19.6 Å². The number of β-amino-alcohol motifs (C(OH)–C–C–N with tert-alkyl or cyclic N) is 1. The predicted octanol–water partition coefficient (Wildman–Crippen LogP) is 6.35. The van der Waals surface area contributed by atoms with E-state index in [1.54, 1.807) is 7.11 Å². The van der Waals surface area contributed by atoms with Crippen molar-refractivity contribution in [1.29, 1.82) is 0 Å². The lowest BCUT2D eigenvalue weighted by atomic mass is 9.88. The van der Waals surface area contributed by atoms with Gasteiger partial charge in [-0.1, -0.05) is 58.5 Å². The van der Waals surface area contributed by atoms with Gasteiger partial charge in [0, 0.05) is 20.2 Å². The van der Waals surface area contributed by atoms with E-state index in [9.17, 15) is 5.11 Å². The number of aliphatic hydroxyl groups is 1. The third-order valence-corrected chi connectivity index (χ3v) is 8.57. The summed E-state index contributed by atoms with van der Waals surface area (Å²) in [5.41, 5.74) is 2.38. The monoisotopic (exact) mass is 560 g/mol. The molecule has 2 aromatic carbocycles. The van der Waals surface area contributed by atoms with Crippen LogP contribution in [0.1, 0.15) is 24.0 Å². The minimum absolute atomic E-state index is 0.247. The zero-order valence-corrected chi connectivity index (χ0v) is 23.7. The van der Waals surface area contributed by atoms with Crippen LogP contribution in [0.3, 0.4) is 0 Å². The normalized spacial score (nSPS) is 25.7. The van der Waals surface area contributed by atoms with Crippen molar-refractivity contribution in [3.8, 4) is 0 Å². The summed E-state index contributed by atoms with van der Waals surface area (Å²) in [6.45, 7) is 3.93. The van der Waals surface area contributed by atoms with E-state index in [0.29, 0.717) is 38.0 Å². The molecule has 0 bridgehead atoms. The third kappa shape index (κ3) is 8.76. The van der Waals surface area contributed by atoms with Crippen molar-refractivity contribution in [2.24, 2.45) is 11.8 Å². The van der Waals surface area contributed by atoms with Gasteiger partial charge in [-0.15, -0.1) is 0 Å². The Kier molecular flexibility index (Phi) is 11.5. The highest BCUT2D eigenvalue weighted by atomic mass is 35.5. The van der Waals surface area contributed by atoms with Gasteiger partial charge in [-0.25, -0.2) is 0 Å². The molecule has 4 rings (SSSR count). The van der Waals surface area contributed by atoms with Gasteiger partial charge in [-0.2, -0.15) is 0 Å². The van der Waals surface area contributed by atoms with Crippen LogP contribution in [0.2, 0.25) is 20.1 Å². The number of likely N-dealkylation sites (N-methyl/N-ethyl adjacent to an activating group) is 2. The molecule has 0 aliphatic carbocycles. The molecule has 0 radical (unpaired) electrons. The molecule has 2 aromatic rings. The van der Waals surface area contributed by atoms with Crippen molar-refractivity contribution in [2.45, 2.75) is 37.9 Å². The first kappa shape index (κ1) is 29.0. The van der Waals surface area contributed by atoms with E-state index in [1.165, 1.54) is 5.56 Å². The smallest absolute Gasteiger partial charge is 0.0729 e. The molecule has 2 fully saturated rings. The molecule has 0 amide bonds. The highest BCUT2D eigenvalue weighted by Crippen LogP contribution is 2.28. The molecule has 8 heteroatoms. The molecule has 4 atom stereocenters. The zero-order chi connectivity index (χ0) is 25.5. The van der Waals surface area contributed by atoms with Crippen molar-refractivity contribution >= 4 is 46.4 Å². The Labute approximate surface area is 230 Å². The summed E-state index contributed by atoms with van der Waals surface area (Å²) in [6.07, 6.45) is 4.11. The minimum Gasteiger partial charge on any atom is -0.391 e. The second-order valence-corrected chi connectivity index (χ2v) is 11.5.